The minimum atomic E-state index is -4.79. The monoisotopic (exact) mass is 361 g/mol. The van der Waals surface area contributed by atoms with Crippen molar-refractivity contribution in [2.24, 2.45) is 0 Å². The third-order valence-electron chi connectivity index (χ3n) is 3.33. The number of halogens is 4. The van der Waals surface area contributed by atoms with Crippen molar-refractivity contribution in [2.45, 2.75) is 6.18 Å². The van der Waals surface area contributed by atoms with Gasteiger partial charge in [-0.25, -0.2) is 9.18 Å². The number of hydrogen-bond acceptors (Lipinski definition) is 6. The van der Waals surface area contributed by atoms with Gasteiger partial charge in [0.25, 0.3) is 0 Å². The number of nitrogens with zero attached hydrogens (tertiary/aromatic N) is 3. The summed E-state index contributed by atoms with van der Waals surface area (Å²) in [6.07, 6.45) is -5.54. The molecule has 0 atom stereocenters. The molecule has 1 saturated heterocycles. The van der Waals surface area contributed by atoms with E-state index in [2.05, 4.69) is 14.7 Å². The van der Waals surface area contributed by atoms with Gasteiger partial charge in [0.15, 0.2) is 11.6 Å². The van der Waals surface area contributed by atoms with Crippen LogP contribution in [0.5, 0.6) is 5.75 Å². The van der Waals surface area contributed by atoms with Gasteiger partial charge >= 0.3 is 18.2 Å². The van der Waals surface area contributed by atoms with Crippen LogP contribution < -0.4 is 4.74 Å². The quantitative estimate of drug-likeness (QED) is 0.766. The third-order valence-corrected chi connectivity index (χ3v) is 3.33. The van der Waals surface area contributed by atoms with Crippen LogP contribution in [0.2, 0.25) is 0 Å². The third kappa shape index (κ3) is 3.87. The zero-order chi connectivity index (χ0) is 18.0. The van der Waals surface area contributed by atoms with Gasteiger partial charge in [0.05, 0.1) is 13.2 Å². The molecule has 1 aromatic heterocycles. The second kappa shape index (κ2) is 6.67. The Morgan fingerprint density at radius 1 is 1.24 bits per heavy atom. The molecule has 11 heteroatoms. The van der Waals surface area contributed by atoms with Crippen molar-refractivity contribution in [2.75, 3.05) is 26.3 Å². The van der Waals surface area contributed by atoms with E-state index in [4.69, 9.17) is 9.47 Å². The summed E-state index contributed by atoms with van der Waals surface area (Å²) in [6.45, 7) is 1.36. The highest BCUT2D eigenvalue weighted by atomic mass is 19.4. The average Bonchev–Trinajstić information content (AvgIpc) is 3.08. The molecule has 1 amide bonds. The molecule has 2 heterocycles. The number of rotatable bonds is 2. The lowest BCUT2D eigenvalue weighted by Crippen LogP contribution is -2.42. The molecule has 3 rings (SSSR count). The first-order valence-corrected chi connectivity index (χ1v) is 7.10. The van der Waals surface area contributed by atoms with Gasteiger partial charge in [-0.1, -0.05) is 5.16 Å². The molecule has 1 aromatic carbocycles. The van der Waals surface area contributed by atoms with Crippen molar-refractivity contribution >= 4 is 6.09 Å². The molecule has 0 radical (unpaired) electrons. The van der Waals surface area contributed by atoms with E-state index in [-0.39, 0.29) is 11.3 Å². The van der Waals surface area contributed by atoms with Gasteiger partial charge in [-0.3, -0.25) is 0 Å². The van der Waals surface area contributed by atoms with Crippen molar-refractivity contribution < 1.29 is 36.4 Å². The largest absolute Gasteiger partial charge is 0.471 e. The van der Waals surface area contributed by atoms with Crippen LogP contribution in [0.3, 0.4) is 0 Å². The van der Waals surface area contributed by atoms with Gasteiger partial charge in [0.1, 0.15) is 0 Å². The molecule has 134 valence electrons. The topological polar surface area (TPSA) is 77.7 Å². The summed E-state index contributed by atoms with van der Waals surface area (Å²) in [7, 11) is 0. The van der Waals surface area contributed by atoms with Crippen molar-refractivity contribution in [3.63, 3.8) is 0 Å². The molecular weight excluding hydrogens is 350 g/mol. The minimum absolute atomic E-state index is 0.0529. The number of alkyl halides is 3. The Labute approximate surface area is 138 Å². The average molecular weight is 361 g/mol. The first kappa shape index (κ1) is 17.1. The van der Waals surface area contributed by atoms with E-state index in [0.29, 0.717) is 26.3 Å². The molecule has 1 fully saturated rings. The van der Waals surface area contributed by atoms with E-state index in [1.165, 1.54) is 11.0 Å². The first-order chi connectivity index (χ1) is 11.8. The molecular formula is C14H11F4N3O4. The maximum absolute atomic E-state index is 14.1. The molecule has 0 unspecified atom stereocenters. The fourth-order valence-corrected chi connectivity index (χ4v) is 2.08. The van der Waals surface area contributed by atoms with E-state index >= 15 is 0 Å². The fraction of sp³-hybridized carbons (Fsp3) is 0.357. The Morgan fingerprint density at radius 3 is 2.56 bits per heavy atom. The van der Waals surface area contributed by atoms with Crippen molar-refractivity contribution in [1.29, 1.82) is 0 Å². The SMILES string of the molecule is O=C(Oc1ccc(-c2noc(C(F)(F)F)n2)cc1F)N1CCOCC1. The van der Waals surface area contributed by atoms with Crippen LogP contribution in [0.4, 0.5) is 22.4 Å². The maximum atomic E-state index is 14.1. The molecule has 1 aliphatic heterocycles. The molecule has 0 spiro atoms. The van der Waals surface area contributed by atoms with Gasteiger partial charge in [-0.05, 0) is 18.2 Å². The summed E-state index contributed by atoms with van der Waals surface area (Å²) in [5.41, 5.74) is -0.0529. The Morgan fingerprint density at radius 2 is 1.96 bits per heavy atom. The Bertz CT molecular complexity index is 772. The molecule has 7 nitrogen and oxygen atoms in total. The summed E-state index contributed by atoms with van der Waals surface area (Å²) in [4.78, 5) is 16.4. The van der Waals surface area contributed by atoms with Gasteiger partial charge in [0, 0.05) is 18.7 Å². The number of amides is 1. The van der Waals surface area contributed by atoms with Crippen LogP contribution in [0, 0.1) is 5.82 Å². The second-order valence-electron chi connectivity index (χ2n) is 5.03. The molecule has 25 heavy (non-hydrogen) atoms. The van der Waals surface area contributed by atoms with Crippen molar-refractivity contribution in [3.8, 4) is 17.1 Å². The summed E-state index contributed by atoms with van der Waals surface area (Å²) in [6, 6.07) is 3.18. The number of ether oxygens (including phenoxy) is 2. The summed E-state index contributed by atoms with van der Waals surface area (Å²) in [5.74, 6) is -3.28. The van der Waals surface area contributed by atoms with Crippen LogP contribution in [0.1, 0.15) is 5.89 Å². The Hall–Kier alpha value is -2.69. The van der Waals surface area contributed by atoms with Crippen LogP contribution in [0.15, 0.2) is 22.7 Å². The lowest BCUT2D eigenvalue weighted by molar-refractivity contribution is -0.159. The van der Waals surface area contributed by atoms with E-state index < -0.39 is 29.8 Å². The number of morpholine rings is 1. The summed E-state index contributed by atoms with van der Waals surface area (Å²) < 4.78 is 65.5. The van der Waals surface area contributed by atoms with E-state index in [1.54, 1.807) is 0 Å². The van der Waals surface area contributed by atoms with Gasteiger partial charge in [-0.2, -0.15) is 18.2 Å². The first-order valence-electron chi connectivity index (χ1n) is 7.10. The highest BCUT2D eigenvalue weighted by molar-refractivity contribution is 5.71. The number of carbonyl (C=O) groups is 1. The maximum Gasteiger partial charge on any atom is 0.471 e. The van der Waals surface area contributed by atoms with Crippen molar-refractivity contribution in [3.05, 3.63) is 29.9 Å². The second-order valence-corrected chi connectivity index (χ2v) is 5.03. The molecule has 1 aliphatic rings. The Kier molecular flexibility index (Phi) is 4.57. The Balaban J connectivity index is 1.74. The molecule has 0 N–H and O–H groups in total. The van der Waals surface area contributed by atoms with Crippen LogP contribution in [-0.2, 0) is 10.9 Å². The zero-order valence-electron chi connectivity index (χ0n) is 12.5. The van der Waals surface area contributed by atoms with Crippen LogP contribution in [0.25, 0.3) is 11.4 Å². The normalized spacial score (nSPS) is 15.3. The van der Waals surface area contributed by atoms with Gasteiger partial charge < -0.3 is 18.9 Å². The fourth-order valence-electron chi connectivity index (χ4n) is 2.08. The standard InChI is InChI=1S/C14H11F4N3O4/c15-9-7-8(11-19-12(25-20-11)14(16,17)18)1-2-10(9)24-13(22)21-3-5-23-6-4-21/h1-2,7H,3-6H2. The van der Waals surface area contributed by atoms with E-state index in [0.717, 1.165) is 12.1 Å². The van der Waals surface area contributed by atoms with Crippen molar-refractivity contribution in [1.82, 2.24) is 15.0 Å². The smallest absolute Gasteiger partial charge is 0.407 e. The molecule has 2 aromatic rings. The lowest BCUT2D eigenvalue weighted by Gasteiger charge is -2.25. The van der Waals surface area contributed by atoms with E-state index in [1.807, 2.05) is 0 Å². The molecule has 0 aliphatic carbocycles. The van der Waals surface area contributed by atoms with Gasteiger partial charge in [-0.15, -0.1) is 0 Å². The number of carbonyl (C=O) groups excluding carboxylic acids is 1. The van der Waals surface area contributed by atoms with Crippen LogP contribution >= 0.6 is 0 Å². The number of hydrogen-bond donors (Lipinski definition) is 0. The summed E-state index contributed by atoms with van der Waals surface area (Å²) >= 11 is 0. The predicted molar refractivity (Wildman–Crippen MR) is 73.1 cm³/mol. The zero-order valence-corrected chi connectivity index (χ0v) is 12.5. The molecule has 0 saturated carbocycles. The molecule has 0 bridgehead atoms. The lowest BCUT2D eigenvalue weighted by atomic mass is 10.2. The summed E-state index contributed by atoms with van der Waals surface area (Å²) in [5, 5.41) is 3.16. The minimum Gasteiger partial charge on any atom is -0.407 e. The van der Waals surface area contributed by atoms with Gasteiger partial charge in [0.2, 0.25) is 5.82 Å². The number of benzene rings is 1. The highest BCUT2D eigenvalue weighted by Crippen LogP contribution is 2.30. The van der Waals surface area contributed by atoms with E-state index in [9.17, 15) is 22.4 Å². The van der Waals surface area contributed by atoms with Crippen LogP contribution in [-0.4, -0.2) is 47.4 Å². The number of aromatic nitrogens is 2. The predicted octanol–water partition coefficient (Wildman–Crippen LogP) is 2.73. The highest BCUT2D eigenvalue weighted by Gasteiger charge is 2.38.